The van der Waals surface area contributed by atoms with Crippen molar-refractivity contribution in [1.82, 2.24) is 0 Å². The molecule has 0 heterocycles. The van der Waals surface area contributed by atoms with Crippen LogP contribution in [0.2, 0.25) is 0 Å². The number of halogens is 2. The van der Waals surface area contributed by atoms with Crippen molar-refractivity contribution in [3.05, 3.63) is 24.3 Å². The molecule has 0 aromatic heterocycles. The number of hydrogen-bond acceptors (Lipinski definition) is 2. The molecule has 2 atom stereocenters. The highest BCUT2D eigenvalue weighted by molar-refractivity contribution is 6.64. The largest absolute Gasteiger partial charge is 0.320 e. The lowest BCUT2D eigenvalue weighted by Crippen LogP contribution is -2.34. The minimum absolute atomic E-state index is 0. The molecular weight excluding hydrogens is 197 g/mol. The molecule has 0 radical (unpaired) electrons. The molecule has 1 aliphatic rings. The first-order valence-corrected chi connectivity index (χ1v) is 3.88. The Labute approximate surface area is 82.9 Å². The predicted molar refractivity (Wildman–Crippen MR) is 52.5 cm³/mol. The van der Waals surface area contributed by atoms with Crippen molar-refractivity contribution >= 4 is 29.3 Å². The number of rotatable bonds is 2. The molecule has 2 unspecified atom stereocenters. The molecule has 0 saturated heterocycles. The maximum Gasteiger partial charge on any atom is 0.238 e. The average Bonchev–Trinajstić information content (AvgIpc) is 2.05. The van der Waals surface area contributed by atoms with E-state index < -0.39 is 11.3 Å². The maximum absolute atomic E-state index is 10.6. The summed E-state index contributed by atoms with van der Waals surface area (Å²) in [6, 6.07) is -0.558. The Bertz CT molecular complexity index is 213. The van der Waals surface area contributed by atoms with Gasteiger partial charge in [0.15, 0.2) is 0 Å². The summed E-state index contributed by atoms with van der Waals surface area (Å²) in [6.07, 6.45) is 8.50. The summed E-state index contributed by atoms with van der Waals surface area (Å²) in [4.78, 5) is 10.6. The molecule has 0 amide bonds. The van der Waals surface area contributed by atoms with Crippen LogP contribution in [0, 0.1) is 5.92 Å². The van der Waals surface area contributed by atoms with Crippen LogP contribution in [0.3, 0.4) is 0 Å². The third-order valence-corrected chi connectivity index (χ3v) is 1.99. The first kappa shape index (κ1) is 11.7. The van der Waals surface area contributed by atoms with Crippen molar-refractivity contribution in [2.75, 3.05) is 0 Å². The molecule has 0 saturated carbocycles. The van der Waals surface area contributed by atoms with Crippen LogP contribution in [-0.2, 0) is 4.79 Å². The second kappa shape index (κ2) is 5.36. The van der Waals surface area contributed by atoms with Crippen molar-refractivity contribution in [1.29, 1.82) is 0 Å². The molecule has 2 nitrogen and oxygen atoms in total. The number of allylic oxidation sites excluding steroid dienone is 3. The van der Waals surface area contributed by atoms with Gasteiger partial charge in [-0.25, -0.2) is 0 Å². The SMILES string of the molecule is Cl.NC(C(=O)Cl)C1C=CC=CC1. The topological polar surface area (TPSA) is 43.1 Å². The van der Waals surface area contributed by atoms with Gasteiger partial charge in [-0.2, -0.15) is 0 Å². The lowest BCUT2D eigenvalue weighted by atomic mass is 9.94. The molecule has 0 aliphatic heterocycles. The molecule has 1 rings (SSSR count). The van der Waals surface area contributed by atoms with Crippen LogP contribution in [-0.4, -0.2) is 11.3 Å². The Balaban J connectivity index is 0.00000121. The summed E-state index contributed by atoms with van der Waals surface area (Å²) < 4.78 is 0. The second-order valence-corrected chi connectivity index (χ2v) is 2.92. The minimum atomic E-state index is -0.558. The normalized spacial score (nSPS) is 23.0. The van der Waals surface area contributed by atoms with Crippen LogP contribution in [0.25, 0.3) is 0 Å². The predicted octanol–water partition coefficient (Wildman–Crippen LogP) is 1.63. The first-order chi connectivity index (χ1) is 5.22. The Morgan fingerprint density at radius 3 is 2.67 bits per heavy atom. The van der Waals surface area contributed by atoms with Crippen LogP contribution in [0.1, 0.15) is 6.42 Å². The molecule has 0 spiro atoms. The van der Waals surface area contributed by atoms with Crippen LogP contribution in [0.4, 0.5) is 0 Å². The van der Waals surface area contributed by atoms with E-state index in [9.17, 15) is 4.79 Å². The molecule has 68 valence electrons. The minimum Gasteiger partial charge on any atom is -0.320 e. The van der Waals surface area contributed by atoms with Gasteiger partial charge in [-0.15, -0.1) is 12.4 Å². The highest BCUT2D eigenvalue weighted by atomic mass is 35.5. The zero-order valence-electron chi connectivity index (χ0n) is 6.44. The Morgan fingerprint density at radius 1 is 1.58 bits per heavy atom. The van der Waals surface area contributed by atoms with Gasteiger partial charge in [0.2, 0.25) is 5.24 Å². The summed E-state index contributed by atoms with van der Waals surface area (Å²) >= 11 is 5.24. The third kappa shape index (κ3) is 2.97. The summed E-state index contributed by atoms with van der Waals surface area (Å²) in [5.74, 6) is 0.0741. The van der Waals surface area contributed by atoms with E-state index in [0.717, 1.165) is 6.42 Å². The molecule has 0 aromatic rings. The van der Waals surface area contributed by atoms with Crippen LogP contribution >= 0.6 is 24.0 Å². The number of carbonyl (C=O) groups is 1. The monoisotopic (exact) mass is 207 g/mol. The number of hydrogen-bond donors (Lipinski definition) is 1. The summed E-state index contributed by atoms with van der Waals surface area (Å²) in [6.45, 7) is 0. The lowest BCUT2D eigenvalue weighted by molar-refractivity contribution is -0.113. The van der Waals surface area contributed by atoms with E-state index >= 15 is 0 Å². The van der Waals surface area contributed by atoms with Crippen molar-refractivity contribution in [3.63, 3.8) is 0 Å². The fourth-order valence-electron chi connectivity index (χ4n) is 1.03. The summed E-state index contributed by atoms with van der Waals surface area (Å²) in [5, 5.41) is -0.463. The highest BCUT2D eigenvalue weighted by Crippen LogP contribution is 2.15. The molecular formula is C8H11Cl2NO. The molecule has 0 fully saturated rings. The molecule has 0 bridgehead atoms. The van der Waals surface area contributed by atoms with Gasteiger partial charge >= 0.3 is 0 Å². The zero-order chi connectivity index (χ0) is 8.27. The maximum atomic E-state index is 10.6. The first-order valence-electron chi connectivity index (χ1n) is 3.50. The smallest absolute Gasteiger partial charge is 0.238 e. The van der Waals surface area contributed by atoms with Crippen molar-refractivity contribution in [2.24, 2.45) is 11.7 Å². The third-order valence-electron chi connectivity index (χ3n) is 1.74. The van der Waals surface area contributed by atoms with Crippen LogP contribution < -0.4 is 5.73 Å². The zero-order valence-corrected chi connectivity index (χ0v) is 8.02. The van der Waals surface area contributed by atoms with Crippen molar-refractivity contribution in [2.45, 2.75) is 12.5 Å². The quantitative estimate of drug-likeness (QED) is 0.701. The van der Waals surface area contributed by atoms with Crippen molar-refractivity contribution in [3.8, 4) is 0 Å². The van der Waals surface area contributed by atoms with Crippen LogP contribution in [0.15, 0.2) is 24.3 Å². The van der Waals surface area contributed by atoms with E-state index in [1.54, 1.807) is 0 Å². The molecule has 12 heavy (non-hydrogen) atoms. The van der Waals surface area contributed by atoms with E-state index in [1.165, 1.54) is 0 Å². The number of carbonyl (C=O) groups excluding carboxylic acids is 1. The second-order valence-electron chi connectivity index (χ2n) is 2.54. The fourth-order valence-corrected chi connectivity index (χ4v) is 1.20. The van der Waals surface area contributed by atoms with Gasteiger partial charge in [-0.3, -0.25) is 4.79 Å². The molecule has 1 aliphatic carbocycles. The molecule has 2 N–H and O–H groups in total. The van der Waals surface area contributed by atoms with Gasteiger partial charge in [0.25, 0.3) is 0 Å². The standard InChI is InChI=1S/C8H10ClNO.ClH/c9-8(11)7(10)6-4-2-1-3-5-6;/h1-4,6-7H,5,10H2;1H. The van der Waals surface area contributed by atoms with Gasteiger partial charge < -0.3 is 5.73 Å². The van der Waals surface area contributed by atoms with E-state index in [4.69, 9.17) is 17.3 Å². The molecule has 4 heteroatoms. The fraction of sp³-hybridized carbons (Fsp3) is 0.375. The van der Waals surface area contributed by atoms with E-state index in [1.807, 2.05) is 24.3 Å². The average molecular weight is 208 g/mol. The van der Waals surface area contributed by atoms with Gasteiger partial charge in [-0.05, 0) is 18.0 Å². The van der Waals surface area contributed by atoms with E-state index in [-0.39, 0.29) is 18.3 Å². The Kier molecular flexibility index (Phi) is 5.22. The van der Waals surface area contributed by atoms with E-state index in [2.05, 4.69) is 0 Å². The van der Waals surface area contributed by atoms with Gasteiger partial charge in [0.05, 0.1) is 6.04 Å². The van der Waals surface area contributed by atoms with Crippen LogP contribution in [0.5, 0.6) is 0 Å². The lowest BCUT2D eigenvalue weighted by Gasteiger charge is -2.16. The van der Waals surface area contributed by atoms with Gasteiger partial charge in [0.1, 0.15) is 0 Å². The highest BCUT2D eigenvalue weighted by Gasteiger charge is 2.20. The number of nitrogens with two attached hydrogens (primary N) is 1. The molecule has 0 aromatic carbocycles. The Morgan fingerprint density at radius 2 is 2.25 bits per heavy atom. The summed E-state index contributed by atoms with van der Waals surface area (Å²) in [7, 11) is 0. The van der Waals surface area contributed by atoms with Gasteiger partial charge in [0, 0.05) is 5.92 Å². The van der Waals surface area contributed by atoms with Gasteiger partial charge in [-0.1, -0.05) is 24.3 Å². The Hall–Kier alpha value is -0.310. The van der Waals surface area contributed by atoms with E-state index in [0.29, 0.717) is 0 Å². The van der Waals surface area contributed by atoms with Crippen molar-refractivity contribution < 1.29 is 4.79 Å². The summed E-state index contributed by atoms with van der Waals surface area (Å²) in [5.41, 5.74) is 5.52.